The number of carbonyl (C=O) groups excluding carboxylic acids is 1. The van der Waals surface area contributed by atoms with Gasteiger partial charge in [-0.1, -0.05) is 0 Å². The van der Waals surface area contributed by atoms with Crippen LogP contribution in [0.2, 0.25) is 0 Å². The van der Waals surface area contributed by atoms with Gasteiger partial charge in [-0.25, -0.2) is 0 Å². The maximum absolute atomic E-state index is 11.4. The van der Waals surface area contributed by atoms with Crippen LogP contribution in [-0.2, 0) is 4.79 Å². The van der Waals surface area contributed by atoms with Crippen LogP contribution >= 0.6 is 0 Å². The summed E-state index contributed by atoms with van der Waals surface area (Å²) in [6.45, 7) is 2.50. The molecule has 0 saturated carbocycles. The van der Waals surface area contributed by atoms with Gasteiger partial charge in [0.05, 0.1) is 23.7 Å². The number of anilines is 1. The van der Waals surface area contributed by atoms with Gasteiger partial charge in [-0.05, 0) is 38.3 Å². The third-order valence-corrected chi connectivity index (χ3v) is 3.36. The molecule has 0 radical (unpaired) electrons. The van der Waals surface area contributed by atoms with Gasteiger partial charge in [0.2, 0.25) is 5.91 Å². The van der Waals surface area contributed by atoms with E-state index in [9.17, 15) is 9.90 Å². The molecule has 1 saturated heterocycles. The van der Waals surface area contributed by atoms with Crippen molar-refractivity contribution in [3.05, 3.63) is 24.0 Å². The number of pyridine rings is 1. The summed E-state index contributed by atoms with van der Waals surface area (Å²) in [5, 5.41) is 9.41. The van der Waals surface area contributed by atoms with Crippen LogP contribution in [0.4, 0.5) is 5.69 Å². The number of rotatable bonds is 3. The fourth-order valence-corrected chi connectivity index (χ4v) is 2.35. The number of carbonyl (C=O) groups is 1. The highest BCUT2D eigenvalue weighted by Crippen LogP contribution is 2.24. The summed E-state index contributed by atoms with van der Waals surface area (Å²) in [5.74, 6) is -0.283. The quantitative estimate of drug-likeness (QED) is 0.837. The predicted octanol–water partition coefficient (Wildman–Crippen LogP) is 0.979. The van der Waals surface area contributed by atoms with E-state index in [1.54, 1.807) is 19.2 Å². The molecule has 1 aliphatic heterocycles. The van der Waals surface area contributed by atoms with Gasteiger partial charge in [0, 0.05) is 6.54 Å². The third kappa shape index (κ3) is 2.61. The van der Waals surface area contributed by atoms with Crippen molar-refractivity contribution in [1.82, 2.24) is 4.98 Å². The molecule has 5 heteroatoms. The number of nitrogens with zero attached hydrogens (tertiary/aromatic N) is 2. The first-order valence-corrected chi connectivity index (χ1v) is 6.29. The van der Waals surface area contributed by atoms with Crippen molar-refractivity contribution in [3.63, 3.8) is 0 Å². The largest absolute Gasteiger partial charge is 0.387 e. The van der Waals surface area contributed by atoms with E-state index >= 15 is 0 Å². The molecule has 2 unspecified atom stereocenters. The summed E-state index contributed by atoms with van der Waals surface area (Å²) < 4.78 is 0. The minimum Gasteiger partial charge on any atom is -0.387 e. The van der Waals surface area contributed by atoms with Gasteiger partial charge < -0.3 is 15.7 Å². The summed E-state index contributed by atoms with van der Waals surface area (Å²) in [4.78, 5) is 17.6. The van der Waals surface area contributed by atoms with Crippen LogP contribution < -0.4 is 10.6 Å². The van der Waals surface area contributed by atoms with Crippen molar-refractivity contribution in [2.75, 3.05) is 11.4 Å². The van der Waals surface area contributed by atoms with Gasteiger partial charge in [-0.2, -0.15) is 0 Å². The highest BCUT2D eigenvalue weighted by molar-refractivity contribution is 5.83. The normalized spacial score (nSPS) is 21.7. The number of hydrogen-bond donors (Lipinski definition) is 2. The van der Waals surface area contributed by atoms with Crippen molar-refractivity contribution in [2.45, 2.75) is 38.3 Å². The lowest BCUT2D eigenvalue weighted by Gasteiger charge is -2.35. The number of primary amides is 1. The number of piperidine rings is 1. The molecule has 1 aliphatic rings. The molecule has 1 fully saturated rings. The minimum atomic E-state index is -0.577. The molecule has 18 heavy (non-hydrogen) atoms. The number of aromatic nitrogens is 1. The highest BCUT2D eigenvalue weighted by Gasteiger charge is 2.27. The Balaban J connectivity index is 2.20. The number of aliphatic hydroxyl groups is 1. The second-order valence-corrected chi connectivity index (χ2v) is 4.72. The molecule has 1 amide bonds. The average Bonchev–Trinajstić information content (AvgIpc) is 2.39. The molecule has 1 aromatic heterocycles. The Morgan fingerprint density at radius 3 is 2.89 bits per heavy atom. The molecule has 0 spiro atoms. The van der Waals surface area contributed by atoms with E-state index in [1.807, 2.05) is 11.0 Å². The maximum Gasteiger partial charge on any atom is 0.240 e. The van der Waals surface area contributed by atoms with E-state index in [2.05, 4.69) is 4.98 Å². The van der Waals surface area contributed by atoms with Crippen molar-refractivity contribution >= 4 is 11.6 Å². The topological polar surface area (TPSA) is 79.5 Å². The molecule has 2 rings (SSSR count). The summed E-state index contributed by atoms with van der Waals surface area (Å²) in [5.41, 5.74) is 6.95. The predicted molar refractivity (Wildman–Crippen MR) is 69.1 cm³/mol. The zero-order valence-corrected chi connectivity index (χ0v) is 10.5. The molecule has 0 bridgehead atoms. The fourth-order valence-electron chi connectivity index (χ4n) is 2.35. The lowest BCUT2D eigenvalue weighted by Crippen LogP contribution is -2.47. The average molecular weight is 249 g/mol. The standard InChI is InChI=1S/C13H19N3O2/c1-9(17)11-6-5-10(8-15-11)16-7-3-2-4-12(16)13(14)18/h5-6,8-9,12,17H,2-4,7H2,1H3,(H2,14,18). The van der Waals surface area contributed by atoms with E-state index in [0.29, 0.717) is 5.69 Å². The SMILES string of the molecule is CC(O)c1ccc(N2CCCCC2C(N)=O)cn1. The van der Waals surface area contributed by atoms with E-state index in [1.165, 1.54) is 0 Å². The Labute approximate surface area is 107 Å². The smallest absolute Gasteiger partial charge is 0.240 e. The Kier molecular flexibility index (Phi) is 3.81. The van der Waals surface area contributed by atoms with Crippen LogP contribution in [0.1, 0.15) is 38.0 Å². The molecule has 2 atom stereocenters. The zero-order chi connectivity index (χ0) is 13.1. The molecule has 1 aromatic rings. The number of nitrogens with two attached hydrogens (primary N) is 1. The second kappa shape index (κ2) is 5.35. The van der Waals surface area contributed by atoms with Crippen LogP contribution in [0.25, 0.3) is 0 Å². The van der Waals surface area contributed by atoms with Crippen LogP contribution in [0.3, 0.4) is 0 Å². The molecule has 3 N–H and O–H groups in total. The van der Waals surface area contributed by atoms with Gasteiger partial charge in [0.25, 0.3) is 0 Å². The van der Waals surface area contributed by atoms with Crippen LogP contribution in [0.15, 0.2) is 18.3 Å². The van der Waals surface area contributed by atoms with Gasteiger partial charge in [0.15, 0.2) is 0 Å². The molecule has 5 nitrogen and oxygen atoms in total. The van der Waals surface area contributed by atoms with E-state index in [4.69, 9.17) is 5.73 Å². The molecule has 0 aromatic carbocycles. The Morgan fingerprint density at radius 2 is 2.33 bits per heavy atom. The molecule has 2 heterocycles. The fraction of sp³-hybridized carbons (Fsp3) is 0.538. The number of hydrogen-bond acceptors (Lipinski definition) is 4. The van der Waals surface area contributed by atoms with Crippen molar-refractivity contribution in [2.24, 2.45) is 5.73 Å². The first-order chi connectivity index (χ1) is 8.59. The monoisotopic (exact) mass is 249 g/mol. The van der Waals surface area contributed by atoms with Gasteiger partial charge in [-0.3, -0.25) is 9.78 Å². The molecule has 0 aliphatic carbocycles. The second-order valence-electron chi connectivity index (χ2n) is 4.72. The lowest BCUT2D eigenvalue weighted by molar-refractivity contribution is -0.119. The zero-order valence-electron chi connectivity index (χ0n) is 10.5. The van der Waals surface area contributed by atoms with E-state index in [0.717, 1.165) is 31.5 Å². The molecular formula is C13H19N3O2. The van der Waals surface area contributed by atoms with Gasteiger partial charge in [0.1, 0.15) is 6.04 Å². The summed E-state index contributed by atoms with van der Waals surface area (Å²) in [6.07, 6.45) is 4.01. The number of amides is 1. The maximum atomic E-state index is 11.4. The van der Waals surface area contributed by atoms with E-state index in [-0.39, 0.29) is 11.9 Å². The minimum absolute atomic E-state index is 0.238. The first kappa shape index (κ1) is 12.8. The van der Waals surface area contributed by atoms with Crippen molar-refractivity contribution in [1.29, 1.82) is 0 Å². The summed E-state index contributed by atoms with van der Waals surface area (Å²) >= 11 is 0. The van der Waals surface area contributed by atoms with Gasteiger partial charge >= 0.3 is 0 Å². The van der Waals surface area contributed by atoms with Crippen LogP contribution in [0.5, 0.6) is 0 Å². The van der Waals surface area contributed by atoms with Crippen molar-refractivity contribution < 1.29 is 9.90 Å². The Bertz CT molecular complexity index is 417. The first-order valence-electron chi connectivity index (χ1n) is 6.29. The van der Waals surface area contributed by atoms with Crippen LogP contribution in [0, 0.1) is 0 Å². The molecular weight excluding hydrogens is 230 g/mol. The Hall–Kier alpha value is -1.62. The van der Waals surface area contributed by atoms with E-state index < -0.39 is 6.10 Å². The lowest BCUT2D eigenvalue weighted by atomic mass is 10.0. The summed E-state index contributed by atoms with van der Waals surface area (Å²) in [6, 6.07) is 3.43. The highest BCUT2D eigenvalue weighted by atomic mass is 16.3. The number of aliphatic hydroxyl groups excluding tert-OH is 1. The Morgan fingerprint density at radius 1 is 1.56 bits per heavy atom. The van der Waals surface area contributed by atoms with Gasteiger partial charge in [-0.15, -0.1) is 0 Å². The van der Waals surface area contributed by atoms with Crippen molar-refractivity contribution in [3.8, 4) is 0 Å². The summed E-state index contributed by atoms with van der Waals surface area (Å²) in [7, 11) is 0. The van der Waals surface area contributed by atoms with Crippen LogP contribution in [-0.4, -0.2) is 28.6 Å². The molecule has 98 valence electrons. The third-order valence-electron chi connectivity index (χ3n) is 3.36.